The van der Waals surface area contributed by atoms with Crippen LogP contribution in [0.2, 0.25) is 0 Å². The Morgan fingerprint density at radius 3 is 2.62 bits per heavy atom. The van der Waals surface area contributed by atoms with Crippen molar-refractivity contribution in [2.75, 3.05) is 38.3 Å². The summed E-state index contributed by atoms with van der Waals surface area (Å²) in [5, 5.41) is 12.6. The van der Waals surface area contributed by atoms with Gasteiger partial charge < -0.3 is 34.4 Å². The van der Waals surface area contributed by atoms with E-state index in [2.05, 4.69) is 5.32 Å². The van der Waals surface area contributed by atoms with E-state index in [-0.39, 0.29) is 44.5 Å². The van der Waals surface area contributed by atoms with Crippen molar-refractivity contribution >= 4 is 29.4 Å². The zero-order valence-electron chi connectivity index (χ0n) is 21.9. The molecule has 2 fully saturated rings. The number of fused-ring (bicyclic) bond motifs is 2. The first kappa shape index (κ1) is 26.9. The number of rotatable bonds is 4. The number of anilines is 1. The first-order valence-corrected chi connectivity index (χ1v) is 13.2. The molecule has 0 radical (unpaired) electrons. The number of hydrogen-bond acceptors (Lipinski definition) is 8. The van der Waals surface area contributed by atoms with Crippen LogP contribution < -0.4 is 15.0 Å². The lowest BCUT2D eigenvalue weighted by Gasteiger charge is -2.35. The predicted octanol–water partition coefficient (Wildman–Crippen LogP) is 0.569. The third-order valence-electron chi connectivity index (χ3n) is 7.76. The molecule has 4 aliphatic heterocycles. The lowest BCUT2D eigenvalue weighted by atomic mass is 9.78. The molecule has 0 saturated carbocycles. The van der Waals surface area contributed by atoms with Gasteiger partial charge in [0.1, 0.15) is 29.4 Å². The molecule has 208 valence electrons. The van der Waals surface area contributed by atoms with E-state index in [1.807, 2.05) is 0 Å². The highest BCUT2D eigenvalue weighted by Crippen LogP contribution is 2.53. The molecule has 2 saturated heterocycles. The average Bonchev–Trinajstić information content (AvgIpc) is 3.30. The quantitative estimate of drug-likeness (QED) is 0.419. The first-order valence-electron chi connectivity index (χ1n) is 13.2. The van der Waals surface area contributed by atoms with E-state index in [0.717, 1.165) is 0 Å². The zero-order chi connectivity index (χ0) is 27.7. The Kier molecular flexibility index (Phi) is 7.46. The van der Waals surface area contributed by atoms with Gasteiger partial charge in [-0.2, -0.15) is 0 Å². The fraction of sp³-hybridized carbons (Fsp3) is 0.500. The molecule has 1 aromatic rings. The monoisotopic (exact) mass is 539 g/mol. The van der Waals surface area contributed by atoms with E-state index < -0.39 is 47.6 Å². The van der Waals surface area contributed by atoms with Crippen LogP contribution in [0.15, 0.2) is 48.6 Å². The average molecular weight is 540 g/mol. The molecule has 4 aliphatic rings. The van der Waals surface area contributed by atoms with Gasteiger partial charge in [0.15, 0.2) is 0 Å². The number of likely N-dealkylation sites (tertiary alicyclic amines) is 1. The third-order valence-corrected chi connectivity index (χ3v) is 7.76. The molecule has 11 nitrogen and oxygen atoms in total. The molecular formula is C28H33N3O8. The van der Waals surface area contributed by atoms with Gasteiger partial charge >= 0.3 is 5.97 Å². The van der Waals surface area contributed by atoms with Crippen LogP contribution in [0, 0.1) is 11.8 Å². The van der Waals surface area contributed by atoms with Crippen molar-refractivity contribution in [3.8, 4) is 5.75 Å². The standard InChI is InChI=1S/C28H33N3O8/c1-17-16-29-21(33)7-4-3-6-20-22(27(36)38-17)23-25(34)31(14-15-32)24-26(35)30(13-5-12-28(23,24)39-20)18-8-10-19(37-2)11-9-18/h3,5-6,8-12,17,20,22-24,32H,4,7,13-16H2,1-2H3,(H,29,33)/b6-3-/t17-,20-,22+,23+,24-,28+/m1/s1. The van der Waals surface area contributed by atoms with Crippen LogP contribution in [0.25, 0.3) is 0 Å². The lowest BCUT2D eigenvalue weighted by Crippen LogP contribution is -2.55. The number of methoxy groups -OCH3 is 1. The second-order valence-electron chi connectivity index (χ2n) is 10.2. The summed E-state index contributed by atoms with van der Waals surface area (Å²) in [6.07, 6.45) is 6.15. The van der Waals surface area contributed by atoms with Crippen molar-refractivity contribution < 1.29 is 38.5 Å². The summed E-state index contributed by atoms with van der Waals surface area (Å²) < 4.78 is 17.5. The molecule has 0 unspecified atom stereocenters. The van der Waals surface area contributed by atoms with Gasteiger partial charge in [-0.15, -0.1) is 0 Å². The van der Waals surface area contributed by atoms with E-state index in [1.54, 1.807) is 67.5 Å². The van der Waals surface area contributed by atoms with E-state index in [9.17, 15) is 24.3 Å². The number of benzene rings is 1. The largest absolute Gasteiger partial charge is 0.497 e. The molecular weight excluding hydrogens is 506 g/mol. The van der Waals surface area contributed by atoms with Crippen molar-refractivity contribution in [2.24, 2.45) is 11.8 Å². The van der Waals surface area contributed by atoms with Gasteiger partial charge in [0.25, 0.3) is 5.91 Å². The topological polar surface area (TPSA) is 135 Å². The van der Waals surface area contributed by atoms with Crippen LogP contribution in [0.1, 0.15) is 19.8 Å². The van der Waals surface area contributed by atoms with Crippen LogP contribution in [-0.4, -0.2) is 90.9 Å². The third kappa shape index (κ3) is 4.70. The number of allylic oxidation sites excluding steroid dienone is 1. The van der Waals surface area contributed by atoms with Gasteiger partial charge in [-0.3, -0.25) is 19.2 Å². The molecule has 2 N–H and O–H groups in total. The van der Waals surface area contributed by atoms with Crippen molar-refractivity contribution in [1.29, 1.82) is 0 Å². The molecule has 11 heteroatoms. The Balaban J connectivity index is 1.56. The summed E-state index contributed by atoms with van der Waals surface area (Å²) >= 11 is 0. The van der Waals surface area contributed by atoms with Crippen molar-refractivity contribution in [3.63, 3.8) is 0 Å². The van der Waals surface area contributed by atoms with Gasteiger partial charge in [0.05, 0.1) is 32.3 Å². The molecule has 4 heterocycles. The second-order valence-corrected chi connectivity index (χ2v) is 10.2. The minimum atomic E-state index is -1.44. The number of carbonyl (C=O) groups excluding carboxylic acids is 4. The van der Waals surface area contributed by atoms with Crippen molar-refractivity contribution in [2.45, 2.75) is 43.6 Å². The maximum absolute atomic E-state index is 14.2. The van der Waals surface area contributed by atoms with Crippen LogP contribution >= 0.6 is 0 Å². The Morgan fingerprint density at radius 2 is 1.90 bits per heavy atom. The summed E-state index contributed by atoms with van der Waals surface area (Å²) in [6, 6.07) is 5.90. The van der Waals surface area contributed by atoms with E-state index in [4.69, 9.17) is 14.2 Å². The number of carbonyl (C=O) groups is 4. The van der Waals surface area contributed by atoms with E-state index in [1.165, 1.54) is 4.90 Å². The van der Waals surface area contributed by atoms with Crippen LogP contribution in [0.3, 0.4) is 0 Å². The number of esters is 1. The first-order chi connectivity index (χ1) is 18.8. The zero-order valence-corrected chi connectivity index (χ0v) is 21.9. The number of nitrogens with zero attached hydrogens (tertiary/aromatic N) is 2. The van der Waals surface area contributed by atoms with Crippen LogP contribution in [0.4, 0.5) is 5.69 Å². The normalized spacial score (nSPS) is 33.7. The van der Waals surface area contributed by atoms with Crippen LogP contribution in [0.5, 0.6) is 5.75 Å². The molecule has 6 atom stereocenters. The molecule has 5 rings (SSSR count). The van der Waals surface area contributed by atoms with Crippen molar-refractivity contribution in [1.82, 2.24) is 10.2 Å². The number of ether oxygens (including phenoxy) is 3. The molecule has 0 bridgehead atoms. The number of aliphatic hydroxyl groups excluding tert-OH is 1. The number of hydrogen-bond donors (Lipinski definition) is 2. The highest BCUT2D eigenvalue weighted by Gasteiger charge is 2.71. The van der Waals surface area contributed by atoms with Gasteiger partial charge in [0.2, 0.25) is 11.8 Å². The number of aliphatic hydroxyl groups is 1. The van der Waals surface area contributed by atoms with E-state index in [0.29, 0.717) is 17.9 Å². The summed E-state index contributed by atoms with van der Waals surface area (Å²) in [7, 11) is 1.55. The smallest absolute Gasteiger partial charge is 0.313 e. The maximum Gasteiger partial charge on any atom is 0.313 e. The van der Waals surface area contributed by atoms with Gasteiger partial charge in [-0.1, -0.05) is 24.3 Å². The molecule has 0 aromatic heterocycles. The Hall–Kier alpha value is -3.70. The molecule has 39 heavy (non-hydrogen) atoms. The van der Waals surface area contributed by atoms with Gasteiger partial charge in [0, 0.05) is 25.2 Å². The second kappa shape index (κ2) is 10.8. The predicted molar refractivity (Wildman–Crippen MR) is 139 cm³/mol. The summed E-state index contributed by atoms with van der Waals surface area (Å²) in [5.41, 5.74) is -0.835. The molecule has 1 spiro atoms. The fourth-order valence-electron chi connectivity index (χ4n) is 6.00. The summed E-state index contributed by atoms with van der Waals surface area (Å²) in [5.74, 6) is -3.03. The SMILES string of the molecule is COc1ccc(N2CC=C[C@]34O[C@@H]5/C=C\CCC(=O)NC[C@@H](C)OC(=O)[C@@H]5[C@H]3C(=O)N(CCO)[C@@H]4C2=O)cc1. The highest BCUT2D eigenvalue weighted by atomic mass is 16.6. The number of β-amino-alcohol motifs (C(OH)–C–C–N with tert-alkyl or cyclic N) is 1. The van der Waals surface area contributed by atoms with Gasteiger partial charge in [-0.05, 0) is 37.6 Å². The lowest BCUT2D eigenvalue weighted by molar-refractivity contribution is -0.158. The minimum absolute atomic E-state index is 0.0914. The summed E-state index contributed by atoms with van der Waals surface area (Å²) in [4.78, 5) is 56.6. The summed E-state index contributed by atoms with van der Waals surface area (Å²) in [6.45, 7) is 1.58. The van der Waals surface area contributed by atoms with Crippen LogP contribution in [-0.2, 0) is 28.7 Å². The van der Waals surface area contributed by atoms with Crippen molar-refractivity contribution in [3.05, 3.63) is 48.6 Å². The molecule has 3 amide bonds. The Morgan fingerprint density at radius 1 is 1.13 bits per heavy atom. The minimum Gasteiger partial charge on any atom is -0.497 e. The van der Waals surface area contributed by atoms with E-state index >= 15 is 0 Å². The molecule has 1 aromatic carbocycles. The number of cyclic esters (lactones) is 1. The van der Waals surface area contributed by atoms with Gasteiger partial charge in [-0.25, -0.2) is 0 Å². The highest BCUT2D eigenvalue weighted by molar-refractivity contribution is 6.05. The Labute approximate surface area is 226 Å². The number of nitrogens with one attached hydrogen (secondary N) is 1. The number of amides is 3. The Bertz CT molecular complexity index is 1200. The maximum atomic E-state index is 14.2. The fourth-order valence-corrected chi connectivity index (χ4v) is 6.00. The molecule has 0 aliphatic carbocycles.